The number of carbonyl (C=O) groups is 1. The van der Waals surface area contributed by atoms with E-state index >= 15 is 0 Å². The summed E-state index contributed by atoms with van der Waals surface area (Å²) in [6.45, 7) is 3.55. The predicted octanol–water partition coefficient (Wildman–Crippen LogP) is 3.20. The van der Waals surface area contributed by atoms with Crippen LogP contribution in [0, 0.1) is 5.82 Å². The van der Waals surface area contributed by atoms with Crippen molar-refractivity contribution in [3.63, 3.8) is 0 Å². The van der Waals surface area contributed by atoms with Crippen molar-refractivity contribution in [3.05, 3.63) is 59.4 Å². The van der Waals surface area contributed by atoms with E-state index in [1.165, 1.54) is 17.0 Å². The Balaban J connectivity index is 1.93. The highest BCUT2D eigenvalue weighted by atomic mass is 19.1. The fourth-order valence-electron chi connectivity index (χ4n) is 3.37. The molecule has 0 saturated carbocycles. The van der Waals surface area contributed by atoms with Crippen LogP contribution >= 0.6 is 0 Å². The first-order chi connectivity index (χ1) is 12.7. The van der Waals surface area contributed by atoms with Crippen molar-refractivity contribution in [2.45, 2.75) is 38.0 Å². The zero-order valence-corrected chi connectivity index (χ0v) is 15.2. The van der Waals surface area contributed by atoms with E-state index in [4.69, 9.17) is 10.5 Å². The van der Waals surface area contributed by atoms with Crippen LogP contribution in [-0.2, 0) is 6.42 Å². The number of nitrogens with zero attached hydrogens (tertiary/aromatic N) is 1. The minimum Gasteiger partial charge on any atom is -0.485 e. The number of hydrogen-bond acceptors (Lipinski definition) is 4. The molecule has 7 heteroatoms. The largest absolute Gasteiger partial charge is 0.485 e. The zero-order chi connectivity index (χ0) is 19.8. The van der Waals surface area contributed by atoms with Crippen molar-refractivity contribution in [3.8, 4) is 5.75 Å². The summed E-state index contributed by atoms with van der Waals surface area (Å²) in [5.41, 5.74) is 6.71. The standard InChI is InChI=1S/C20H23FN2O4/c1-20(2)18(24)17(15-8-7-14(22)11-16(15)27-20)23(19(25)26)10-9-12-3-5-13(21)6-4-12/h3-8,11,17-18,24H,9-10,22H2,1-2H3,(H,25,26). The number of anilines is 1. The van der Waals surface area contributed by atoms with Gasteiger partial charge < -0.3 is 20.7 Å². The van der Waals surface area contributed by atoms with E-state index in [1.54, 1.807) is 44.2 Å². The van der Waals surface area contributed by atoms with Crippen LogP contribution in [0.1, 0.15) is 31.0 Å². The highest BCUT2D eigenvalue weighted by Crippen LogP contribution is 2.43. The van der Waals surface area contributed by atoms with Crippen LogP contribution < -0.4 is 10.5 Å². The summed E-state index contributed by atoms with van der Waals surface area (Å²) >= 11 is 0. The van der Waals surface area contributed by atoms with Gasteiger partial charge >= 0.3 is 6.09 Å². The first-order valence-electron chi connectivity index (χ1n) is 8.69. The van der Waals surface area contributed by atoms with E-state index in [9.17, 15) is 19.4 Å². The molecule has 0 fully saturated rings. The number of carboxylic acid groups (broad SMARTS) is 1. The van der Waals surface area contributed by atoms with Gasteiger partial charge in [-0.1, -0.05) is 18.2 Å². The number of ether oxygens (including phenoxy) is 1. The lowest BCUT2D eigenvalue weighted by molar-refractivity contribution is -0.0878. The van der Waals surface area contributed by atoms with Crippen molar-refractivity contribution in [2.24, 2.45) is 0 Å². The first kappa shape index (κ1) is 19.0. The van der Waals surface area contributed by atoms with Gasteiger partial charge in [-0.3, -0.25) is 4.90 Å². The van der Waals surface area contributed by atoms with E-state index in [0.717, 1.165) is 5.56 Å². The number of amides is 1. The summed E-state index contributed by atoms with van der Waals surface area (Å²) in [5, 5.41) is 20.7. The van der Waals surface area contributed by atoms with Crippen molar-refractivity contribution in [1.29, 1.82) is 0 Å². The Bertz CT molecular complexity index is 838. The van der Waals surface area contributed by atoms with E-state index in [1.807, 2.05) is 0 Å². The Morgan fingerprint density at radius 3 is 2.56 bits per heavy atom. The Morgan fingerprint density at radius 1 is 1.26 bits per heavy atom. The molecule has 2 unspecified atom stereocenters. The van der Waals surface area contributed by atoms with Crippen molar-refractivity contribution < 1.29 is 24.1 Å². The number of nitrogens with two attached hydrogens (primary N) is 1. The molecular weight excluding hydrogens is 351 g/mol. The molecule has 0 aromatic heterocycles. The van der Waals surface area contributed by atoms with E-state index < -0.39 is 23.8 Å². The molecule has 0 aliphatic carbocycles. The highest BCUT2D eigenvalue weighted by Gasteiger charge is 2.46. The third-order valence-electron chi connectivity index (χ3n) is 4.88. The molecule has 1 aliphatic heterocycles. The third kappa shape index (κ3) is 3.83. The van der Waals surface area contributed by atoms with Gasteiger partial charge in [0.1, 0.15) is 23.3 Å². The molecule has 1 aliphatic rings. The van der Waals surface area contributed by atoms with Gasteiger partial charge in [0.15, 0.2) is 0 Å². The summed E-state index contributed by atoms with van der Waals surface area (Å²) in [6, 6.07) is 10.1. The minimum absolute atomic E-state index is 0.141. The maximum Gasteiger partial charge on any atom is 0.407 e. The van der Waals surface area contributed by atoms with Crippen molar-refractivity contribution >= 4 is 11.8 Å². The predicted molar refractivity (Wildman–Crippen MR) is 99.1 cm³/mol. The van der Waals surface area contributed by atoms with Crippen LogP contribution in [0.3, 0.4) is 0 Å². The third-order valence-corrected chi connectivity index (χ3v) is 4.88. The number of aliphatic hydroxyl groups is 1. The Labute approximate surface area is 157 Å². The molecule has 2 aromatic carbocycles. The van der Waals surface area contributed by atoms with Crippen LogP contribution in [-0.4, -0.2) is 39.5 Å². The average molecular weight is 374 g/mol. The van der Waals surface area contributed by atoms with E-state index in [2.05, 4.69) is 0 Å². The summed E-state index contributed by atoms with van der Waals surface area (Å²) in [4.78, 5) is 13.2. The second-order valence-electron chi connectivity index (χ2n) is 7.24. The van der Waals surface area contributed by atoms with Gasteiger partial charge in [0.05, 0.1) is 6.04 Å². The number of benzene rings is 2. The maximum atomic E-state index is 13.1. The van der Waals surface area contributed by atoms with Gasteiger partial charge in [-0.15, -0.1) is 0 Å². The summed E-state index contributed by atoms with van der Waals surface area (Å²) < 4.78 is 18.9. The molecule has 0 saturated heterocycles. The van der Waals surface area contributed by atoms with Gasteiger partial charge in [0, 0.05) is 23.9 Å². The Hall–Kier alpha value is -2.80. The molecule has 4 N–H and O–H groups in total. The second kappa shape index (κ2) is 7.08. The zero-order valence-electron chi connectivity index (χ0n) is 15.2. The highest BCUT2D eigenvalue weighted by molar-refractivity contribution is 5.67. The molecule has 2 aromatic rings. The number of halogens is 1. The van der Waals surface area contributed by atoms with Gasteiger partial charge in [0.2, 0.25) is 0 Å². The molecule has 6 nitrogen and oxygen atoms in total. The molecule has 1 amide bonds. The lowest BCUT2D eigenvalue weighted by Crippen LogP contribution is -2.54. The summed E-state index contributed by atoms with van der Waals surface area (Å²) in [7, 11) is 0. The van der Waals surface area contributed by atoms with Crippen molar-refractivity contribution in [2.75, 3.05) is 12.3 Å². The lowest BCUT2D eigenvalue weighted by atomic mass is 9.85. The molecule has 2 atom stereocenters. The topological polar surface area (TPSA) is 96.0 Å². The van der Waals surface area contributed by atoms with Crippen LogP contribution in [0.5, 0.6) is 5.75 Å². The summed E-state index contributed by atoms with van der Waals surface area (Å²) in [5.74, 6) is 0.116. The molecule has 3 rings (SSSR count). The fourth-order valence-corrected chi connectivity index (χ4v) is 3.37. The number of aliphatic hydroxyl groups excluding tert-OH is 1. The van der Waals surface area contributed by atoms with Crippen LogP contribution in [0.4, 0.5) is 14.9 Å². The lowest BCUT2D eigenvalue weighted by Gasteiger charge is -2.45. The Morgan fingerprint density at radius 2 is 1.93 bits per heavy atom. The van der Waals surface area contributed by atoms with Crippen molar-refractivity contribution in [1.82, 2.24) is 4.90 Å². The first-order valence-corrected chi connectivity index (χ1v) is 8.69. The summed E-state index contributed by atoms with van der Waals surface area (Å²) in [6.07, 6.45) is -1.83. The van der Waals surface area contributed by atoms with E-state index in [0.29, 0.717) is 23.4 Å². The Kier molecular flexibility index (Phi) is 4.97. The van der Waals surface area contributed by atoms with Crippen LogP contribution in [0.15, 0.2) is 42.5 Å². The fraction of sp³-hybridized carbons (Fsp3) is 0.350. The molecule has 0 spiro atoms. The molecule has 1 heterocycles. The second-order valence-corrected chi connectivity index (χ2v) is 7.24. The van der Waals surface area contributed by atoms with Crippen LogP contribution in [0.25, 0.3) is 0 Å². The monoisotopic (exact) mass is 374 g/mol. The van der Waals surface area contributed by atoms with Gasteiger partial charge in [-0.05, 0) is 44.0 Å². The number of nitrogen functional groups attached to an aromatic ring is 1. The number of fused-ring (bicyclic) bond motifs is 1. The quantitative estimate of drug-likeness (QED) is 0.714. The van der Waals surface area contributed by atoms with Gasteiger partial charge in [-0.25, -0.2) is 9.18 Å². The van der Waals surface area contributed by atoms with Gasteiger partial charge in [0.25, 0.3) is 0 Å². The SMILES string of the molecule is CC1(C)Oc2cc(N)ccc2C(N(CCc2ccc(F)cc2)C(=O)O)C1O. The molecule has 0 bridgehead atoms. The van der Waals surface area contributed by atoms with Gasteiger partial charge in [-0.2, -0.15) is 0 Å². The normalized spacial score (nSPS) is 20.4. The average Bonchev–Trinajstić information content (AvgIpc) is 2.59. The smallest absolute Gasteiger partial charge is 0.407 e. The van der Waals surface area contributed by atoms with E-state index in [-0.39, 0.29) is 12.4 Å². The number of hydrogen-bond donors (Lipinski definition) is 3. The molecule has 144 valence electrons. The molecule has 27 heavy (non-hydrogen) atoms. The molecule has 0 radical (unpaired) electrons. The maximum absolute atomic E-state index is 13.1. The molecular formula is C20H23FN2O4. The minimum atomic E-state index is -1.15. The number of rotatable bonds is 4. The van der Waals surface area contributed by atoms with Crippen LogP contribution in [0.2, 0.25) is 0 Å².